The second-order valence-corrected chi connectivity index (χ2v) is 3.64. The van der Waals surface area contributed by atoms with Crippen LogP contribution in [-0.4, -0.2) is 28.3 Å². The predicted octanol–water partition coefficient (Wildman–Crippen LogP) is 0.997. The minimum Gasteiger partial charge on any atom is -0.385 e. The molecule has 0 spiro atoms. The van der Waals surface area contributed by atoms with Gasteiger partial charge in [-0.2, -0.15) is 4.99 Å². The van der Waals surface area contributed by atoms with Crippen LogP contribution in [0.5, 0.6) is 0 Å². The van der Waals surface area contributed by atoms with Crippen LogP contribution in [0.4, 0.5) is 4.79 Å². The highest BCUT2D eigenvalue weighted by atomic mass is 32.1. The van der Waals surface area contributed by atoms with Crippen LogP contribution in [0, 0.1) is 0 Å². The monoisotopic (exact) mass is 210 g/mol. The Bertz CT molecular complexity index is 373. The van der Waals surface area contributed by atoms with Crippen LogP contribution < -0.4 is 5.73 Å². The molecule has 2 rings (SSSR count). The molecule has 1 aromatic rings. The van der Waals surface area contributed by atoms with Gasteiger partial charge in [0, 0.05) is 11.9 Å². The molecule has 0 aliphatic carbocycles. The van der Waals surface area contributed by atoms with Gasteiger partial charge in [0.15, 0.2) is 0 Å². The number of thiazole rings is 1. The maximum atomic E-state index is 11.4. The van der Waals surface area contributed by atoms with Gasteiger partial charge >= 0.3 is 6.03 Å². The molecule has 1 unspecified atom stereocenters. The van der Waals surface area contributed by atoms with Gasteiger partial charge in [0.05, 0.1) is 11.2 Å². The van der Waals surface area contributed by atoms with Crippen molar-refractivity contribution in [2.24, 2.45) is 10.7 Å². The van der Waals surface area contributed by atoms with Crippen molar-refractivity contribution in [3.8, 4) is 0 Å². The zero-order valence-electron chi connectivity index (χ0n) is 7.67. The Kier molecular flexibility index (Phi) is 2.20. The number of urea groups is 1. The molecule has 0 bridgehead atoms. The zero-order chi connectivity index (χ0) is 10.1. The number of hydrogen-bond acceptors (Lipinski definition) is 4. The summed E-state index contributed by atoms with van der Waals surface area (Å²) in [6, 6.07) is -0.540. The zero-order valence-corrected chi connectivity index (χ0v) is 8.49. The Hall–Kier alpha value is -1.43. The van der Waals surface area contributed by atoms with Gasteiger partial charge in [-0.25, -0.2) is 9.78 Å². The van der Waals surface area contributed by atoms with Crippen molar-refractivity contribution in [2.45, 2.75) is 13.0 Å². The molecule has 5 nitrogen and oxygen atoms in total. The summed E-state index contributed by atoms with van der Waals surface area (Å²) in [5.74, 6) is 0.336. The predicted molar refractivity (Wildman–Crippen MR) is 54.3 cm³/mol. The Morgan fingerprint density at radius 1 is 1.71 bits per heavy atom. The first-order valence-electron chi connectivity index (χ1n) is 4.26. The fraction of sp³-hybridized carbons (Fsp3) is 0.375. The fourth-order valence-electron chi connectivity index (χ4n) is 1.49. The van der Waals surface area contributed by atoms with Crippen molar-refractivity contribution in [1.29, 1.82) is 0 Å². The van der Waals surface area contributed by atoms with Crippen molar-refractivity contribution in [1.82, 2.24) is 9.88 Å². The van der Waals surface area contributed by atoms with Crippen LogP contribution in [0.1, 0.15) is 18.7 Å². The molecule has 1 aromatic heterocycles. The number of aliphatic imine (C=N–C) groups is 1. The average Bonchev–Trinajstić information content (AvgIpc) is 2.72. The van der Waals surface area contributed by atoms with Gasteiger partial charge in [0.1, 0.15) is 11.9 Å². The third-order valence-corrected chi connectivity index (χ3v) is 2.74. The molecule has 0 aromatic carbocycles. The number of hydrogen-bond donors (Lipinski definition) is 1. The van der Waals surface area contributed by atoms with Crippen LogP contribution in [0.3, 0.4) is 0 Å². The summed E-state index contributed by atoms with van der Waals surface area (Å²) in [6.45, 7) is 2.48. The van der Waals surface area contributed by atoms with Gasteiger partial charge < -0.3 is 10.6 Å². The number of likely N-dealkylation sites (N-methyl/N-ethyl adjacent to an activating group) is 1. The van der Waals surface area contributed by atoms with Crippen molar-refractivity contribution < 1.29 is 4.79 Å². The summed E-state index contributed by atoms with van der Waals surface area (Å²) >= 11 is 1.48. The molecule has 74 valence electrons. The van der Waals surface area contributed by atoms with Gasteiger partial charge in [-0.15, -0.1) is 11.3 Å². The lowest BCUT2D eigenvalue weighted by molar-refractivity contribution is 0.209. The number of nitrogens with two attached hydrogens (primary N) is 1. The van der Waals surface area contributed by atoms with Gasteiger partial charge in [0.2, 0.25) is 0 Å². The molecular weight excluding hydrogens is 200 g/mol. The Morgan fingerprint density at radius 3 is 3.07 bits per heavy atom. The van der Waals surface area contributed by atoms with E-state index in [0.717, 1.165) is 5.69 Å². The van der Waals surface area contributed by atoms with Crippen molar-refractivity contribution in [3.63, 3.8) is 0 Å². The number of nitrogens with zero attached hydrogens (tertiary/aromatic N) is 3. The van der Waals surface area contributed by atoms with E-state index in [1.54, 1.807) is 10.4 Å². The van der Waals surface area contributed by atoms with Crippen LogP contribution >= 0.6 is 11.3 Å². The molecule has 2 N–H and O–H groups in total. The van der Waals surface area contributed by atoms with E-state index in [-0.39, 0.29) is 12.1 Å². The standard InChI is InChI=1S/C8H10N4OS/c1-2-12-6(5-3-14-4-10-5)7(9)11-8(12)13/h3-4,6H,2H2,1H3,(H2,9,11,13). The molecule has 2 amide bonds. The number of rotatable bonds is 2. The van der Waals surface area contributed by atoms with E-state index < -0.39 is 0 Å². The first-order valence-corrected chi connectivity index (χ1v) is 5.21. The van der Waals surface area contributed by atoms with Gasteiger partial charge in [-0.1, -0.05) is 0 Å². The lowest BCUT2D eigenvalue weighted by Crippen LogP contribution is -2.33. The van der Waals surface area contributed by atoms with E-state index in [1.807, 2.05) is 12.3 Å². The summed E-state index contributed by atoms with van der Waals surface area (Å²) in [5, 5.41) is 1.88. The first kappa shape index (κ1) is 9.14. The number of aromatic nitrogens is 1. The van der Waals surface area contributed by atoms with Crippen LogP contribution in [0.25, 0.3) is 0 Å². The molecule has 6 heteroatoms. The Morgan fingerprint density at radius 2 is 2.50 bits per heavy atom. The second kappa shape index (κ2) is 3.38. The smallest absolute Gasteiger partial charge is 0.346 e. The molecule has 1 aliphatic rings. The minimum absolute atomic E-state index is 0.265. The molecule has 1 atom stereocenters. The Balaban J connectivity index is 2.34. The molecule has 14 heavy (non-hydrogen) atoms. The molecule has 0 radical (unpaired) electrons. The van der Waals surface area contributed by atoms with Crippen LogP contribution in [0.15, 0.2) is 15.9 Å². The largest absolute Gasteiger partial charge is 0.385 e. The highest BCUT2D eigenvalue weighted by Crippen LogP contribution is 2.25. The van der Waals surface area contributed by atoms with Crippen LogP contribution in [0.2, 0.25) is 0 Å². The second-order valence-electron chi connectivity index (χ2n) is 2.92. The maximum Gasteiger partial charge on any atom is 0.346 e. The highest BCUT2D eigenvalue weighted by molar-refractivity contribution is 7.07. The summed E-state index contributed by atoms with van der Waals surface area (Å²) in [4.78, 5) is 20.8. The third-order valence-electron chi connectivity index (χ3n) is 2.13. The van der Waals surface area contributed by atoms with Crippen molar-refractivity contribution in [2.75, 3.05) is 6.54 Å². The quantitative estimate of drug-likeness (QED) is 0.791. The molecule has 0 saturated heterocycles. The molecule has 2 heterocycles. The number of amidine groups is 1. The molecular formula is C8H10N4OS. The molecule has 0 saturated carbocycles. The Labute approximate surface area is 85.3 Å². The lowest BCUT2D eigenvalue weighted by Gasteiger charge is -2.20. The van der Waals surface area contributed by atoms with Gasteiger partial charge in [0.25, 0.3) is 0 Å². The number of amides is 2. The van der Waals surface area contributed by atoms with Gasteiger partial charge in [-0.05, 0) is 6.92 Å². The van der Waals surface area contributed by atoms with Crippen LogP contribution in [-0.2, 0) is 0 Å². The topological polar surface area (TPSA) is 71.6 Å². The first-order chi connectivity index (χ1) is 6.74. The van der Waals surface area contributed by atoms with E-state index >= 15 is 0 Å². The van der Waals surface area contributed by atoms with E-state index in [9.17, 15) is 4.79 Å². The normalized spacial score (nSPS) is 21.5. The summed E-state index contributed by atoms with van der Waals surface area (Å²) in [5.41, 5.74) is 8.20. The molecule has 0 fully saturated rings. The fourth-order valence-corrected chi connectivity index (χ4v) is 2.06. The summed E-state index contributed by atoms with van der Waals surface area (Å²) < 4.78 is 0. The molecule has 1 aliphatic heterocycles. The SMILES string of the molecule is CCN1C(=O)N=C(N)C1c1cscn1. The highest BCUT2D eigenvalue weighted by Gasteiger charge is 2.34. The average molecular weight is 210 g/mol. The third kappa shape index (κ3) is 1.27. The van der Waals surface area contributed by atoms with E-state index in [2.05, 4.69) is 9.98 Å². The summed E-state index contributed by atoms with van der Waals surface area (Å²) in [7, 11) is 0. The minimum atomic E-state index is -0.275. The van der Waals surface area contributed by atoms with Crippen molar-refractivity contribution in [3.05, 3.63) is 16.6 Å². The van der Waals surface area contributed by atoms with E-state index in [1.165, 1.54) is 11.3 Å². The van der Waals surface area contributed by atoms with E-state index in [0.29, 0.717) is 12.4 Å². The van der Waals surface area contributed by atoms with E-state index in [4.69, 9.17) is 5.73 Å². The lowest BCUT2D eigenvalue weighted by atomic mass is 10.2. The van der Waals surface area contributed by atoms with Crippen molar-refractivity contribution >= 4 is 23.2 Å². The maximum absolute atomic E-state index is 11.4. The summed E-state index contributed by atoms with van der Waals surface area (Å²) in [6.07, 6.45) is 0. The van der Waals surface area contributed by atoms with Gasteiger partial charge in [-0.3, -0.25) is 0 Å². The number of carbonyl (C=O) groups excluding carboxylic acids is 1. The number of carbonyl (C=O) groups is 1.